The lowest BCUT2D eigenvalue weighted by atomic mass is 9.99. The van der Waals surface area contributed by atoms with Crippen LogP contribution >= 0.6 is 0 Å². The van der Waals surface area contributed by atoms with Gasteiger partial charge in [0.25, 0.3) is 0 Å². The van der Waals surface area contributed by atoms with E-state index in [9.17, 15) is 4.79 Å². The Bertz CT molecular complexity index is 399. The Kier molecular flexibility index (Phi) is 4.37. The number of carbonyl (C=O) groups excluding carboxylic acids is 1. The fourth-order valence-electron chi connectivity index (χ4n) is 2.39. The van der Waals surface area contributed by atoms with Crippen molar-refractivity contribution in [3.63, 3.8) is 0 Å². The molecule has 3 heteroatoms. The average molecular weight is 246 g/mol. The van der Waals surface area contributed by atoms with Gasteiger partial charge in [0.1, 0.15) is 0 Å². The molecule has 1 aromatic rings. The molecular formula is C15H22N2O. The van der Waals surface area contributed by atoms with Gasteiger partial charge < -0.3 is 10.6 Å². The molecule has 0 radical (unpaired) electrons. The maximum atomic E-state index is 12.0. The zero-order valence-corrected chi connectivity index (χ0v) is 11.2. The van der Waals surface area contributed by atoms with Crippen LogP contribution in [-0.2, 0) is 11.2 Å². The molecule has 18 heavy (non-hydrogen) atoms. The molecule has 1 aliphatic rings. The Balaban J connectivity index is 1.86. The molecule has 0 aliphatic carbocycles. The number of hydrogen-bond acceptors (Lipinski definition) is 2. The van der Waals surface area contributed by atoms with Crippen molar-refractivity contribution in [1.82, 2.24) is 10.6 Å². The molecule has 1 fully saturated rings. The molecule has 98 valence electrons. The summed E-state index contributed by atoms with van der Waals surface area (Å²) in [7, 11) is 0. The Labute approximate surface area is 109 Å². The first kappa shape index (κ1) is 13.1. The quantitative estimate of drug-likeness (QED) is 0.854. The Hall–Kier alpha value is -1.35. The monoisotopic (exact) mass is 246 g/mol. The Morgan fingerprint density at radius 3 is 2.78 bits per heavy atom. The predicted molar refractivity (Wildman–Crippen MR) is 73.5 cm³/mol. The van der Waals surface area contributed by atoms with Gasteiger partial charge in [-0.1, -0.05) is 29.8 Å². The zero-order valence-electron chi connectivity index (χ0n) is 11.2. The lowest BCUT2D eigenvalue weighted by Gasteiger charge is -2.30. The summed E-state index contributed by atoms with van der Waals surface area (Å²) in [5, 5.41) is 6.52. The third-order valence-electron chi connectivity index (χ3n) is 3.59. The topological polar surface area (TPSA) is 41.1 Å². The summed E-state index contributed by atoms with van der Waals surface area (Å²) in [6.45, 7) is 5.25. The van der Waals surface area contributed by atoms with Crippen molar-refractivity contribution >= 4 is 5.91 Å². The van der Waals surface area contributed by atoms with Gasteiger partial charge in [-0.15, -0.1) is 0 Å². The summed E-state index contributed by atoms with van der Waals surface area (Å²) in [5.74, 6) is 0.124. The number of benzene rings is 1. The lowest BCUT2D eigenvalue weighted by Crippen LogP contribution is -2.52. The van der Waals surface area contributed by atoms with Gasteiger partial charge in [0, 0.05) is 12.1 Å². The molecule has 3 nitrogen and oxygen atoms in total. The zero-order chi connectivity index (χ0) is 13.0. The van der Waals surface area contributed by atoms with Crippen LogP contribution < -0.4 is 10.6 Å². The highest BCUT2D eigenvalue weighted by Crippen LogP contribution is 2.09. The molecule has 0 bridgehead atoms. The molecule has 0 spiro atoms. The summed E-state index contributed by atoms with van der Waals surface area (Å²) < 4.78 is 0. The first-order chi connectivity index (χ1) is 8.65. The summed E-state index contributed by atoms with van der Waals surface area (Å²) in [6, 6.07) is 8.80. The van der Waals surface area contributed by atoms with Crippen molar-refractivity contribution < 1.29 is 4.79 Å². The van der Waals surface area contributed by atoms with Crippen LogP contribution in [0, 0.1) is 6.92 Å². The Morgan fingerprint density at radius 2 is 2.11 bits per heavy atom. The third kappa shape index (κ3) is 3.57. The molecular weight excluding hydrogens is 224 g/mol. The standard InChI is InChI=1S/C15H22N2O/c1-11-5-7-13(8-6-11)10-15(18)17-14-4-3-9-16-12(14)2/h5-8,12,14,16H,3-4,9-10H2,1-2H3,(H,17,18). The van der Waals surface area contributed by atoms with E-state index in [4.69, 9.17) is 0 Å². The molecule has 1 aromatic carbocycles. The molecule has 0 aromatic heterocycles. The van der Waals surface area contributed by atoms with Crippen molar-refractivity contribution in [2.75, 3.05) is 6.54 Å². The van der Waals surface area contributed by atoms with E-state index in [0.29, 0.717) is 12.5 Å². The predicted octanol–water partition coefficient (Wildman–Crippen LogP) is 1.79. The first-order valence-corrected chi connectivity index (χ1v) is 6.73. The summed E-state index contributed by atoms with van der Waals surface area (Å²) in [4.78, 5) is 12.0. The van der Waals surface area contributed by atoms with Crippen molar-refractivity contribution in [2.45, 2.75) is 45.2 Å². The normalized spacial score (nSPS) is 23.7. The molecule has 1 heterocycles. The number of nitrogens with one attached hydrogen (secondary N) is 2. The lowest BCUT2D eigenvalue weighted by molar-refractivity contribution is -0.121. The van der Waals surface area contributed by atoms with Gasteiger partial charge in [-0.05, 0) is 38.8 Å². The summed E-state index contributed by atoms with van der Waals surface area (Å²) in [6.07, 6.45) is 2.69. The van der Waals surface area contributed by atoms with Gasteiger partial charge in [0.05, 0.1) is 6.42 Å². The van der Waals surface area contributed by atoms with Crippen LogP contribution in [0.3, 0.4) is 0 Å². The molecule has 1 amide bonds. The van der Waals surface area contributed by atoms with Crippen molar-refractivity contribution in [2.24, 2.45) is 0 Å². The van der Waals surface area contributed by atoms with Crippen molar-refractivity contribution in [1.29, 1.82) is 0 Å². The van der Waals surface area contributed by atoms with Gasteiger partial charge in [0.2, 0.25) is 5.91 Å². The molecule has 2 atom stereocenters. The van der Waals surface area contributed by atoms with E-state index in [-0.39, 0.29) is 11.9 Å². The first-order valence-electron chi connectivity index (χ1n) is 6.73. The van der Waals surface area contributed by atoms with Crippen molar-refractivity contribution in [3.8, 4) is 0 Å². The molecule has 2 unspecified atom stereocenters. The Morgan fingerprint density at radius 1 is 1.39 bits per heavy atom. The maximum absolute atomic E-state index is 12.0. The number of aryl methyl sites for hydroxylation is 1. The number of piperidine rings is 1. The van der Waals surface area contributed by atoms with E-state index < -0.39 is 0 Å². The van der Waals surface area contributed by atoms with Crippen LogP contribution in [0.1, 0.15) is 30.9 Å². The average Bonchev–Trinajstić information content (AvgIpc) is 2.35. The number of carbonyl (C=O) groups is 1. The molecule has 2 N–H and O–H groups in total. The second kappa shape index (κ2) is 6.01. The van der Waals surface area contributed by atoms with Gasteiger partial charge in [-0.3, -0.25) is 4.79 Å². The number of amides is 1. The molecule has 2 rings (SSSR count). The van der Waals surface area contributed by atoms with Gasteiger partial charge in [-0.25, -0.2) is 0 Å². The van der Waals surface area contributed by atoms with Crippen LogP contribution in [0.4, 0.5) is 0 Å². The minimum absolute atomic E-state index is 0.124. The third-order valence-corrected chi connectivity index (χ3v) is 3.59. The molecule has 1 saturated heterocycles. The minimum atomic E-state index is 0.124. The second-order valence-electron chi connectivity index (χ2n) is 5.22. The molecule has 0 saturated carbocycles. The highest BCUT2D eigenvalue weighted by Gasteiger charge is 2.22. The molecule has 1 aliphatic heterocycles. The fraction of sp³-hybridized carbons (Fsp3) is 0.533. The largest absolute Gasteiger partial charge is 0.352 e. The van der Waals surface area contributed by atoms with E-state index in [1.165, 1.54) is 5.56 Å². The number of hydrogen-bond donors (Lipinski definition) is 2. The van der Waals surface area contributed by atoms with E-state index in [1.54, 1.807) is 0 Å². The van der Waals surface area contributed by atoms with Gasteiger partial charge in [-0.2, -0.15) is 0 Å². The van der Waals surface area contributed by atoms with E-state index >= 15 is 0 Å². The van der Waals surface area contributed by atoms with Crippen LogP contribution in [0.2, 0.25) is 0 Å². The van der Waals surface area contributed by atoms with Crippen LogP contribution in [-0.4, -0.2) is 24.5 Å². The minimum Gasteiger partial charge on any atom is -0.352 e. The van der Waals surface area contributed by atoms with Crippen molar-refractivity contribution in [3.05, 3.63) is 35.4 Å². The smallest absolute Gasteiger partial charge is 0.224 e. The SMILES string of the molecule is Cc1ccc(CC(=O)NC2CCCNC2C)cc1. The number of rotatable bonds is 3. The highest BCUT2D eigenvalue weighted by atomic mass is 16.1. The van der Waals surface area contributed by atoms with Crippen LogP contribution in [0.15, 0.2) is 24.3 Å². The van der Waals surface area contributed by atoms with E-state index in [1.807, 2.05) is 24.3 Å². The maximum Gasteiger partial charge on any atom is 0.224 e. The fourth-order valence-corrected chi connectivity index (χ4v) is 2.39. The highest BCUT2D eigenvalue weighted by molar-refractivity contribution is 5.78. The van der Waals surface area contributed by atoms with E-state index in [2.05, 4.69) is 24.5 Å². The van der Waals surface area contributed by atoms with Gasteiger partial charge >= 0.3 is 0 Å². The van der Waals surface area contributed by atoms with E-state index in [0.717, 1.165) is 24.9 Å². The second-order valence-corrected chi connectivity index (χ2v) is 5.22. The summed E-state index contributed by atoms with van der Waals surface area (Å²) in [5.41, 5.74) is 2.30. The van der Waals surface area contributed by atoms with Crippen LogP contribution in [0.5, 0.6) is 0 Å². The van der Waals surface area contributed by atoms with Crippen LogP contribution in [0.25, 0.3) is 0 Å². The summed E-state index contributed by atoms with van der Waals surface area (Å²) >= 11 is 0. The van der Waals surface area contributed by atoms with Gasteiger partial charge in [0.15, 0.2) is 0 Å².